The van der Waals surface area contributed by atoms with Crippen molar-refractivity contribution in [2.24, 2.45) is 0 Å². The van der Waals surface area contributed by atoms with Crippen molar-refractivity contribution in [2.45, 2.75) is 25.6 Å². The number of carbonyl (C=O) groups is 2. The molecule has 1 fully saturated rings. The summed E-state index contributed by atoms with van der Waals surface area (Å²) in [4.78, 5) is 26.0. The summed E-state index contributed by atoms with van der Waals surface area (Å²) >= 11 is 5.84. The molecule has 0 unspecified atom stereocenters. The minimum atomic E-state index is -0.279. The minimum absolute atomic E-state index is 0.00437. The third-order valence-corrected chi connectivity index (χ3v) is 4.89. The van der Waals surface area contributed by atoms with Crippen molar-refractivity contribution < 1.29 is 9.59 Å². The van der Waals surface area contributed by atoms with Gasteiger partial charge in [-0.05, 0) is 48.9 Å². The van der Waals surface area contributed by atoms with Crippen molar-refractivity contribution >= 4 is 29.2 Å². The summed E-state index contributed by atoms with van der Waals surface area (Å²) in [7, 11) is 1.95. The molecule has 27 heavy (non-hydrogen) atoms. The van der Waals surface area contributed by atoms with Gasteiger partial charge in [0.15, 0.2) is 0 Å². The molecule has 3 amide bonds. The van der Waals surface area contributed by atoms with E-state index < -0.39 is 0 Å². The van der Waals surface area contributed by atoms with Crippen molar-refractivity contribution in [3.8, 4) is 0 Å². The average molecular weight is 387 g/mol. The molecule has 0 radical (unpaired) electrons. The van der Waals surface area contributed by atoms with Crippen molar-refractivity contribution in [3.05, 3.63) is 64.7 Å². The summed E-state index contributed by atoms with van der Waals surface area (Å²) in [5.74, 6) is 0.0625. The first-order valence-electron chi connectivity index (χ1n) is 8.87. The fraction of sp³-hybridized carbons (Fsp3) is 0.300. The second-order valence-electron chi connectivity index (χ2n) is 6.63. The Hall–Kier alpha value is -2.57. The fourth-order valence-electron chi connectivity index (χ4n) is 2.82. The fourth-order valence-corrected chi connectivity index (χ4v) is 2.95. The molecule has 1 aliphatic heterocycles. The Bertz CT molecular complexity index is 793. The van der Waals surface area contributed by atoms with E-state index in [-0.39, 0.29) is 18.0 Å². The summed E-state index contributed by atoms with van der Waals surface area (Å²) < 4.78 is 0. The molecule has 0 aromatic heterocycles. The lowest BCUT2D eigenvalue weighted by Gasteiger charge is -2.36. The molecule has 0 aliphatic carbocycles. The topological polar surface area (TPSA) is 73.5 Å². The maximum absolute atomic E-state index is 12.0. The molecular weight excluding hydrogens is 364 g/mol. The van der Waals surface area contributed by atoms with Crippen LogP contribution in [-0.4, -0.2) is 36.5 Å². The quantitative estimate of drug-likeness (QED) is 0.714. The van der Waals surface area contributed by atoms with Crippen LogP contribution in [0.25, 0.3) is 0 Å². The number of halogens is 1. The molecule has 2 aromatic rings. The molecule has 6 nitrogen and oxygen atoms in total. The number of amides is 3. The van der Waals surface area contributed by atoms with Gasteiger partial charge in [-0.15, -0.1) is 0 Å². The van der Waals surface area contributed by atoms with Crippen molar-refractivity contribution in [1.82, 2.24) is 15.5 Å². The molecule has 1 saturated heterocycles. The van der Waals surface area contributed by atoms with Gasteiger partial charge in [0.1, 0.15) is 0 Å². The predicted molar refractivity (Wildman–Crippen MR) is 107 cm³/mol. The highest BCUT2D eigenvalue weighted by atomic mass is 35.5. The average Bonchev–Trinajstić information content (AvgIpc) is 2.66. The molecule has 0 saturated carbocycles. The zero-order chi connectivity index (χ0) is 19.2. The van der Waals surface area contributed by atoms with Gasteiger partial charge in [0.25, 0.3) is 0 Å². The van der Waals surface area contributed by atoms with E-state index in [9.17, 15) is 9.59 Å². The Morgan fingerprint density at radius 1 is 1.00 bits per heavy atom. The van der Waals surface area contributed by atoms with Gasteiger partial charge in [-0.1, -0.05) is 35.9 Å². The van der Waals surface area contributed by atoms with Crippen molar-refractivity contribution in [1.29, 1.82) is 0 Å². The smallest absolute Gasteiger partial charge is 0.319 e. The lowest BCUT2D eigenvalue weighted by molar-refractivity contribution is -0.129. The molecule has 2 aromatic carbocycles. The first-order chi connectivity index (χ1) is 13.0. The molecule has 1 atom stereocenters. The second kappa shape index (κ2) is 8.88. The van der Waals surface area contributed by atoms with Crippen LogP contribution in [0.2, 0.25) is 5.02 Å². The van der Waals surface area contributed by atoms with Crippen LogP contribution in [0.3, 0.4) is 0 Å². The number of carbonyl (C=O) groups excluding carboxylic acids is 2. The molecule has 1 heterocycles. The Morgan fingerprint density at radius 2 is 1.59 bits per heavy atom. The molecular formula is C20H23ClN4O2. The van der Waals surface area contributed by atoms with E-state index in [1.807, 2.05) is 48.3 Å². The number of likely N-dealkylation sites (N-methyl/N-ethyl adjacent to an activating group) is 1. The Kier molecular flexibility index (Phi) is 6.32. The van der Waals surface area contributed by atoms with Crippen LogP contribution in [-0.2, 0) is 17.9 Å². The highest BCUT2D eigenvalue weighted by molar-refractivity contribution is 6.30. The van der Waals surface area contributed by atoms with Crippen molar-refractivity contribution in [3.63, 3.8) is 0 Å². The van der Waals surface area contributed by atoms with Gasteiger partial charge in [0.2, 0.25) is 5.91 Å². The summed E-state index contributed by atoms with van der Waals surface area (Å²) in [5.41, 5.74) is 2.65. The number of hydrogen-bond acceptors (Lipinski definition) is 3. The SMILES string of the molecule is CN1CC[C@H]1C(=O)NCc1ccc(NC(=O)NCc2ccc(Cl)cc2)cc1. The Labute approximate surface area is 163 Å². The molecule has 1 aliphatic rings. The number of benzene rings is 2. The second-order valence-corrected chi connectivity index (χ2v) is 7.07. The maximum atomic E-state index is 12.0. The monoisotopic (exact) mass is 386 g/mol. The van der Waals surface area contributed by atoms with E-state index in [1.165, 1.54) is 0 Å². The van der Waals surface area contributed by atoms with E-state index in [0.29, 0.717) is 23.8 Å². The predicted octanol–water partition coefficient (Wildman–Crippen LogP) is 2.98. The zero-order valence-electron chi connectivity index (χ0n) is 15.2. The summed E-state index contributed by atoms with van der Waals surface area (Å²) in [6, 6.07) is 14.4. The molecule has 0 bridgehead atoms. The van der Waals surface area contributed by atoms with Gasteiger partial charge in [0, 0.05) is 30.3 Å². The first-order valence-corrected chi connectivity index (χ1v) is 9.25. The van der Waals surface area contributed by atoms with Crippen LogP contribution in [0.15, 0.2) is 48.5 Å². The Balaban J connectivity index is 1.42. The van der Waals surface area contributed by atoms with Gasteiger partial charge in [-0.25, -0.2) is 4.79 Å². The molecule has 3 rings (SSSR count). The maximum Gasteiger partial charge on any atom is 0.319 e. The van der Waals surface area contributed by atoms with E-state index in [0.717, 1.165) is 24.1 Å². The van der Waals surface area contributed by atoms with Crippen LogP contribution >= 0.6 is 11.6 Å². The van der Waals surface area contributed by atoms with Gasteiger partial charge in [0.05, 0.1) is 6.04 Å². The van der Waals surface area contributed by atoms with E-state index >= 15 is 0 Å². The first kappa shape index (κ1) is 19.2. The summed E-state index contributed by atoms with van der Waals surface area (Å²) in [6.07, 6.45) is 0.913. The number of anilines is 1. The highest BCUT2D eigenvalue weighted by Crippen LogP contribution is 2.15. The number of nitrogens with one attached hydrogen (secondary N) is 3. The largest absolute Gasteiger partial charge is 0.351 e. The zero-order valence-corrected chi connectivity index (χ0v) is 15.9. The van der Waals surface area contributed by atoms with Gasteiger partial charge in [-0.2, -0.15) is 0 Å². The van der Waals surface area contributed by atoms with Crippen LogP contribution in [0, 0.1) is 0 Å². The minimum Gasteiger partial charge on any atom is -0.351 e. The third-order valence-electron chi connectivity index (χ3n) is 4.63. The lowest BCUT2D eigenvalue weighted by atomic mass is 10.0. The lowest BCUT2D eigenvalue weighted by Crippen LogP contribution is -2.53. The summed E-state index contributed by atoms with van der Waals surface area (Å²) in [6.45, 7) is 1.87. The van der Waals surface area contributed by atoms with Gasteiger partial charge in [-0.3, -0.25) is 9.69 Å². The van der Waals surface area contributed by atoms with Crippen LogP contribution in [0.5, 0.6) is 0 Å². The van der Waals surface area contributed by atoms with Gasteiger partial charge >= 0.3 is 6.03 Å². The summed E-state index contributed by atoms with van der Waals surface area (Å²) in [5, 5.41) is 9.19. The van der Waals surface area contributed by atoms with Crippen LogP contribution in [0.1, 0.15) is 17.5 Å². The van der Waals surface area contributed by atoms with Gasteiger partial charge < -0.3 is 16.0 Å². The van der Waals surface area contributed by atoms with E-state index in [4.69, 9.17) is 11.6 Å². The molecule has 3 N–H and O–H groups in total. The third kappa shape index (κ3) is 5.45. The normalized spacial score (nSPS) is 16.3. The number of urea groups is 1. The van der Waals surface area contributed by atoms with Crippen molar-refractivity contribution in [2.75, 3.05) is 18.9 Å². The molecule has 7 heteroatoms. The van der Waals surface area contributed by atoms with E-state index in [1.54, 1.807) is 12.1 Å². The highest BCUT2D eigenvalue weighted by Gasteiger charge is 2.30. The molecule has 142 valence electrons. The standard InChI is InChI=1S/C20H23ClN4O2/c1-25-11-10-18(25)19(26)22-12-15-4-8-17(9-5-15)24-20(27)23-13-14-2-6-16(21)7-3-14/h2-9,18H,10-13H2,1H3,(H,22,26)(H2,23,24,27)/t18-/m0/s1. The number of hydrogen-bond donors (Lipinski definition) is 3. The number of likely N-dealkylation sites (tertiary alicyclic amines) is 1. The number of nitrogens with zero attached hydrogens (tertiary/aromatic N) is 1. The number of rotatable bonds is 6. The van der Waals surface area contributed by atoms with Crippen LogP contribution < -0.4 is 16.0 Å². The van der Waals surface area contributed by atoms with E-state index in [2.05, 4.69) is 16.0 Å². The van der Waals surface area contributed by atoms with Crippen LogP contribution in [0.4, 0.5) is 10.5 Å². The Morgan fingerprint density at radius 3 is 2.15 bits per heavy atom. The molecule has 0 spiro atoms.